The van der Waals surface area contributed by atoms with Crippen LogP contribution in [0.5, 0.6) is 5.75 Å². The normalized spacial score (nSPS) is 12.5. The van der Waals surface area contributed by atoms with E-state index in [1.165, 1.54) is 0 Å². The molecule has 0 aromatic heterocycles. The lowest BCUT2D eigenvalue weighted by atomic mass is 10.2. The van der Waals surface area contributed by atoms with Crippen LogP contribution in [0.25, 0.3) is 0 Å². The Morgan fingerprint density at radius 3 is 2.43 bits per heavy atom. The minimum Gasteiger partial charge on any atom is -0.489 e. The van der Waals surface area contributed by atoms with Crippen molar-refractivity contribution in [2.75, 3.05) is 6.54 Å². The van der Waals surface area contributed by atoms with E-state index in [9.17, 15) is 0 Å². The number of aliphatic hydroxyl groups excluding tert-OH is 1. The van der Waals surface area contributed by atoms with E-state index in [4.69, 9.17) is 15.6 Å². The van der Waals surface area contributed by atoms with Crippen molar-refractivity contribution in [1.82, 2.24) is 0 Å². The summed E-state index contributed by atoms with van der Waals surface area (Å²) in [5.74, 6) is 0.805. The number of nitrogens with two attached hydrogens (primary N) is 1. The van der Waals surface area contributed by atoms with Gasteiger partial charge in [-0.1, -0.05) is 19.1 Å². The van der Waals surface area contributed by atoms with Crippen molar-refractivity contribution in [1.29, 1.82) is 0 Å². The molecule has 0 fully saturated rings. The van der Waals surface area contributed by atoms with Crippen LogP contribution in [0.1, 0.15) is 18.9 Å². The third-order valence-electron chi connectivity index (χ3n) is 2.13. The molecule has 0 bridgehead atoms. The van der Waals surface area contributed by atoms with Crippen LogP contribution in [0.15, 0.2) is 24.3 Å². The molecule has 1 unspecified atom stereocenters. The standard InChI is InChI=1S/C11H17NO2/c1-2-10(7-12)14-11-5-3-9(8-13)4-6-11/h3-6,10,13H,2,7-8,12H2,1H3. The average Bonchev–Trinajstić information content (AvgIpc) is 2.26. The van der Waals surface area contributed by atoms with Crippen LogP contribution in [0, 0.1) is 0 Å². The molecule has 0 heterocycles. The summed E-state index contributed by atoms with van der Waals surface area (Å²) in [6, 6.07) is 7.39. The van der Waals surface area contributed by atoms with Gasteiger partial charge >= 0.3 is 0 Å². The zero-order valence-corrected chi connectivity index (χ0v) is 8.44. The van der Waals surface area contributed by atoms with Gasteiger partial charge in [0.1, 0.15) is 11.9 Å². The van der Waals surface area contributed by atoms with Gasteiger partial charge in [-0.15, -0.1) is 0 Å². The fourth-order valence-corrected chi connectivity index (χ4v) is 1.16. The van der Waals surface area contributed by atoms with Crippen LogP contribution >= 0.6 is 0 Å². The molecule has 0 saturated heterocycles. The lowest BCUT2D eigenvalue weighted by Gasteiger charge is -2.15. The predicted molar refractivity (Wildman–Crippen MR) is 56.1 cm³/mol. The highest BCUT2D eigenvalue weighted by atomic mass is 16.5. The maximum absolute atomic E-state index is 8.84. The van der Waals surface area contributed by atoms with E-state index in [-0.39, 0.29) is 12.7 Å². The fourth-order valence-electron chi connectivity index (χ4n) is 1.16. The van der Waals surface area contributed by atoms with Gasteiger partial charge in [-0.25, -0.2) is 0 Å². The zero-order valence-electron chi connectivity index (χ0n) is 8.44. The maximum Gasteiger partial charge on any atom is 0.119 e. The molecule has 1 rings (SSSR count). The van der Waals surface area contributed by atoms with E-state index in [0.717, 1.165) is 17.7 Å². The topological polar surface area (TPSA) is 55.5 Å². The van der Waals surface area contributed by atoms with Crippen LogP contribution in [0.3, 0.4) is 0 Å². The summed E-state index contributed by atoms with van der Waals surface area (Å²) in [5.41, 5.74) is 6.41. The first-order valence-corrected chi connectivity index (χ1v) is 4.86. The Hall–Kier alpha value is -1.06. The molecule has 1 aromatic rings. The van der Waals surface area contributed by atoms with E-state index >= 15 is 0 Å². The van der Waals surface area contributed by atoms with Crippen LogP contribution < -0.4 is 10.5 Å². The van der Waals surface area contributed by atoms with Gasteiger partial charge in [0.15, 0.2) is 0 Å². The lowest BCUT2D eigenvalue weighted by molar-refractivity contribution is 0.205. The number of hydrogen-bond donors (Lipinski definition) is 2. The number of aliphatic hydroxyl groups is 1. The number of hydrogen-bond acceptors (Lipinski definition) is 3. The quantitative estimate of drug-likeness (QED) is 0.744. The number of rotatable bonds is 5. The van der Waals surface area contributed by atoms with Crippen LogP contribution in [-0.2, 0) is 6.61 Å². The monoisotopic (exact) mass is 195 g/mol. The molecule has 0 saturated carbocycles. The van der Waals surface area contributed by atoms with E-state index in [2.05, 4.69) is 0 Å². The molecule has 3 nitrogen and oxygen atoms in total. The fraction of sp³-hybridized carbons (Fsp3) is 0.455. The summed E-state index contributed by atoms with van der Waals surface area (Å²) in [6.45, 7) is 2.63. The summed E-state index contributed by atoms with van der Waals surface area (Å²) in [4.78, 5) is 0. The minimum atomic E-state index is 0.0639. The van der Waals surface area contributed by atoms with Crippen molar-refractivity contribution in [2.45, 2.75) is 26.1 Å². The molecule has 1 atom stereocenters. The molecule has 78 valence electrons. The molecule has 0 aliphatic rings. The van der Waals surface area contributed by atoms with Gasteiger partial charge in [-0.05, 0) is 24.1 Å². The van der Waals surface area contributed by atoms with Crippen molar-refractivity contribution in [3.05, 3.63) is 29.8 Å². The summed E-state index contributed by atoms with van der Waals surface area (Å²) < 4.78 is 5.61. The van der Waals surface area contributed by atoms with Crippen LogP contribution in [-0.4, -0.2) is 17.8 Å². The molecule has 0 radical (unpaired) electrons. The second-order valence-electron chi connectivity index (χ2n) is 3.19. The van der Waals surface area contributed by atoms with Gasteiger partial charge in [0.05, 0.1) is 6.61 Å². The van der Waals surface area contributed by atoms with Crippen molar-refractivity contribution >= 4 is 0 Å². The first kappa shape index (κ1) is 11.0. The van der Waals surface area contributed by atoms with Crippen molar-refractivity contribution in [3.63, 3.8) is 0 Å². The SMILES string of the molecule is CCC(CN)Oc1ccc(CO)cc1. The molecule has 3 heteroatoms. The van der Waals surface area contributed by atoms with Gasteiger partial charge in [0.25, 0.3) is 0 Å². The molecule has 0 amide bonds. The Morgan fingerprint density at radius 1 is 1.36 bits per heavy atom. The largest absolute Gasteiger partial charge is 0.489 e. The first-order valence-electron chi connectivity index (χ1n) is 4.86. The summed E-state index contributed by atoms with van der Waals surface area (Å²) in [7, 11) is 0. The smallest absolute Gasteiger partial charge is 0.119 e. The highest BCUT2D eigenvalue weighted by Crippen LogP contribution is 2.14. The number of ether oxygens (including phenoxy) is 1. The third kappa shape index (κ3) is 3.01. The summed E-state index contributed by atoms with van der Waals surface area (Å²) in [6.07, 6.45) is 0.980. The molecule has 14 heavy (non-hydrogen) atoms. The Kier molecular flexibility index (Phi) is 4.43. The van der Waals surface area contributed by atoms with Crippen LogP contribution in [0.4, 0.5) is 0 Å². The van der Waals surface area contributed by atoms with Gasteiger partial charge in [0.2, 0.25) is 0 Å². The molecular weight excluding hydrogens is 178 g/mol. The highest BCUT2D eigenvalue weighted by molar-refractivity contribution is 5.27. The maximum atomic E-state index is 8.84. The van der Waals surface area contributed by atoms with E-state index in [1.54, 1.807) is 0 Å². The number of benzene rings is 1. The zero-order chi connectivity index (χ0) is 10.4. The second-order valence-corrected chi connectivity index (χ2v) is 3.19. The van der Waals surface area contributed by atoms with Gasteiger partial charge in [-0.3, -0.25) is 0 Å². The molecule has 0 spiro atoms. The van der Waals surface area contributed by atoms with E-state index in [0.29, 0.717) is 6.54 Å². The minimum absolute atomic E-state index is 0.0639. The highest BCUT2D eigenvalue weighted by Gasteiger charge is 2.04. The van der Waals surface area contributed by atoms with Crippen LogP contribution in [0.2, 0.25) is 0 Å². The van der Waals surface area contributed by atoms with E-state index < -0.39 is 0 Å². The summed E-state index contributed by atoms with van der Waals surface area (Å²) in [5, 5.41) is 8.84. The molecular formula is C11H17NO2. The Balaban J connectivity index is 2.58. The van der Waals surface area contributed by atoms with Crippen molar-refractivity contribution < 1.29 is 9.84 Å². The lowest BCUT2D eigenvalue weighted by Crippen LogP contribution is -2.25. The Morgan fingerprint density at radius 2 is 2.00 bits per heavy atom. The Bertz CT molecular complexity index is 254. The van der Waals surface area contributed by atoms with Crippen molar-refractivity contribution in [2.24, 2.45) is 5.73 Å². The molecule has 0 aliphatic heterocycles. The van der Waals surface area contributed by atoms with E-state index in [1.807, 2.05) is 31.2 Å². The second kappa shape index (κ2) is 5.62. The average molecular weight is 195 g/mol. The Labute approximate surface area is 84.5 Å². The van der Waals surface area contributed by atoms with Gasteiger partial charge < -0.3 is 15.6 Å². The summed E-state index contributed by atoms with van der Waals surface area (Å²) >= 11 is 0. The molecule has 0 aliphatic carbocycles. The van der Waals surface area contributed by atoms with Gasteiger partial charge in [-0.2, -0.15) is 0 Å². The molecule has 1 aromatic carbocycles. The van der Waals surface area contributed by atoms with Crippen molar-refractivity contribution in [3.8, 4) is 5.75 Å². The predicted octanol–water partition coefficient (Wildman–Crippen LogP) is 1.29. The molecule has 3 N–H and O–H groups in total. The van der Waals surface area contributed by atoms with Gasteiger partial charge in [0, 0.05) is 6.54 Å². The third-order valence-corrected chi connectivity index (χ3v) is 2.13. The first-order chi connectivity index (χ1) is 6.80.